The van der Waals surface area contributed by atoms with Gasteiger partial charge in [0.15, 0.2) is 0 Å². The van der Waals surface area contributed by atoms with Crippen LogP contribution in [0.1, 0.15) is 46.6 Å². The summed E-state index contributed by atoms with van der Waals surface area (Å²) in [6.07, 6.45) is 4.47. The molecule has 3 aromatic rings. The van der Waals surface area contributed by atoms with E-state index >= 15 is 0 Å². The maximum atomic E-state index is 14.4. The number of carbonyl (C=O) groups is 2. The number of rotatable bonds is 7. The Morgan fingerprint density at radius 1 is 0.886 bits per heavy atom. The standard InChI is InChI=1S/C30H27FN2O2/c1-17-24(15-18-7-3-2-4-8-18)25-16-20(31)12-14-23(25)26(17)28(30(33)35)27(29(32)34)22-13-11-19-9-5-6-10-21(19)22/h2-14,16,22,26-28H,15H2,1H3,(H2,32,34)(H2,33,35). The Labute approximate surface area is 204 Å². The van der Waals surface area contributed by atoms with E-state index in [0.29, 0.717) is 6.42 Å². The highest BCUT2D eigenvalue weighted by atomic mass is 19.1. The van der Waals surface area contributed by atoms with Crippen molar-refractivity contribution in [1.29, 1.82) is 0 Å². The molecule has 3 aromatic carbocycles. The van der Waals surface area contributed by atoms with Crippen LogP contribution < -0.4 is 11.5 Å². The van der Waals surface area contributed by atoms with Crippen LogP contribution in [0.5, 0.6) is 0 Å². The quantitative estimate of drug-likeness (QED) is 0.516. The van der Waals surface area contributed by atoms with Gasteiger partial charge in [-0.05, 0) is 58.9 Å². The van der Waals surface area contributed by atoms with Gasteiger partial charge in [0, 0.05) is 11.8 Å². The third-order valence-corrected chi connectivity index (χ3v) is 7.47. The zero-order chi connectivity index (χ0) is 24.7. The number of benzene rings is 3. The molecule has 5 heteroatoms. The lowest BCUT2D eigenvalue weighted by Crippen LogP contribution is -2.43. The normalized spacial score (nSPS) is 19.8. The highest BCUT2D eigenvalue weighted by Crippen LogP contribution is 2.51. The molecule has 0 saturated heterocycles. The molecule has 0 saturated carbocycles. The SMILES string of the molecule is CC1=C(Cc2ccccc2)c2cc(F)ccc2C1C(C(N)=O)C(C(N)=O)C1C=Cc2ccccc21. The molecule has 0 heterocycles. The minimum Gasteiger partial charge on any atom is -0.369 e. The number of allylic oxidation sites excluding steroid dienone is 3. The Kier molecular flexibility index (Phi) is 5.85. The topological polar surface area (TPSA) is 86.2 Å². The van der Waals surface area contributed by atoms with Gasteiger partial charge in [-0.2, -0.15) is 0 Å². The molecule has 0 aromatic heterocycles. The Hall–Kier alpha value is -3.99. The molecule has 0 radical (unpaired) electrons. The van der Waals surface area contributed by atoms with Crippen LogP contribution in [0.25, 0.3) is 11.6 Å². The fourth-order valence-electron chi connectivity index (χ4n) is 5.91. The van der Waals surface area contributed by atoms with Crippen molar-refractivity contribution in [2.75, 3.05) is 0 Å². The molecule has 176 valence electrons. The lowest BCUT2D eigenvalue weighted by molar-refractivity contribution is -0.132. The van der Waals surface area contributed by atoms with E-state index in [1.54, 1.807) is 6.07 Å². The van der Waals surface area contributed by atoms with E-state index in [2.05, 4.69) is 0 Å². The van der Waals surface area contributed by atoms with Crippen molar-refractivity contribution in [2.24, 2.45) is 23.3 Å². The van der Waals surface area contributed by atoms with Gasteiger partial charge in [0.2, 0.25) is 11.8 Å². The van der Waals surface area contributed by atoms with Gasteiger partial charge in [-0.25, -0.2) is 4.39 Å². The lowest BCUT2D eigenvalue weighted by atomic mass is 9.69. The maximum Gasteiger partial charge on any atom is 0.222 e. The van der Waals surface area contributed by atoms with E-state index in [1.807, 2.05) is 73.7 Å². The van der Waals surface area contributed by atoms with Gasteiger partial charge >= 0.3 is 0 Å². The number of fused-ring (bicyclic) bond motifs is 2. The second kappa shape index (κ2) is 8.99. The van der Waals surface area contributed by atoms with Crippen LogP contribution in [0.15, 0.2) is 84.4 Å². The molecule has 0 spiro atoms. The van der Waals surface area contributed by atoms with Crippen LogP contribution in [-0.2, 0) is 16.0 Å². The summed E-state index contributed by atoms with van der Waals surface area (Å²) in [5.41, 5.74) is 18.4. The van der Waals surface area contributed by atoms with Crippen molar-refractivity contribution in [2.45, 2.75) is 25.2 Å². The monoisotopic (exact) mass is 466 g/mol. The zero-order valence-electron chi connectivity index (χ0n) is 19.4. The van der Waals surface area contributed by atoms with Gasteiger partial charge in [0.05, 0.1) is 11.8 Å². The summed E-state index contributed by atoms with van der Waals surface area (Å²) in [5, 5.41) is 0. The number of hydrogen-bond donors (Lipinski definition) is 2. The maximum absolute atomic E-state index is 14.4. The van der Waals surface area contributed by atoms with Gasteiger partial charge in [-0.15, -0.1) is 0 Å². The number of halogens is 1. The van der Waals surface area contributed by atoms with Crippen LogP contribution in [-0.4, -0.2) is 11.8 Å². The molecule has 2 aliphatic carbocycles. The van der Waals surface area contributed by atoms with Crippen LogP contribution >= 0.6 is 0 Å². The molecule has 4 unspecified atom stereocenters. The zero-order valence-corrected chi connectivity index (χ0v) is 19.4. The van der Waals surface area contributed by atoms with Crippen molar-refractivity contribution in [3.05, 3.63) is 118 Å². The third kappa shape index (κ3) is 3.97. The predicted octanol–water partition coefficient (Wildman–Crippen LogP) is 4.95. The molecule has 4 N–H and O–H groups in total. The molecule has 2 amide bonds. The fourth-order valence-corrected chi connectivity index (χ4v) is 5.91. The summed E-state index contributed by atoms with van der Waals surface area (Å²) in [7, 11) is 0. The van der Waals surface area contributed by atoms with Crippen LogP contribution in [0.2, 0.25) is 0 Å². The number of amides is 2. The Morgan fingerprint density at radius 3 is 2.29 bits per heavy atom. The van der Waals surface area contributed by atoms with Crippen LogP contribution in [0.4, 0.5) is 4.39 Å². The Balaban J connectivity index is 1.64. The highest BCUT2D eigenvalue weighted by Gasteiger charge is 2.47. The first kappa shape index (κ1) is 22.8. The average Bonchev–Trinajstić information content (AvgIpc) is 3.37. The van der Waals surface area contributed by atoms with Crippen molar-refractivity contribution in [3.63, 3.8) is 0 Å². The van der Waals surface area contributed by atoms with Crippen molar-refractivity contribution >= 4 is 23.5 Å². The molecule has 0 aliphatic heterocycles. The second-order valence-corrected chi connectivity index (χ2v) is 9.40. The summed E-state index contributed by atoms with van der Waals surface area (Å²) in [5.74, 6) is -4.08. The second-order valence-electron chi connectivity index (χ2n) is 9.40. The summed E-state index contributed by atoms with van der Waals surface area (Å²) in [4.78, 5) is 26.0. The van der Waals surface area contributed by atoms with E-state index < -0.39 is 29.6 Å². The van der Waals surface area contributed by atoms with E-state index in [9.17, 15) is 14.0 Å². The summed E-state index contributed by atoms with van der Waals surface area (Å²) >= 11 is 0. The molecule has 35 heavy (non-hydrogen) atoms. The lowest BCUT2D eigenvalue weighted by Gasteiger charge is -2.33. The van der Waals surface area contributed by atoms with Gasteiger partial charge in [0.1, 0.15) is 5.82 Å². The van der Waals surface area contributed by atoms with Crippen LogP contribution in [0, 0.1) is 17.7 Å². The Morgan fingerprint density at radius 2 is 1.57 bits per heavy atom. The van der Waals surface area contributed by atoms with Crippen molar-refractivity contribution < 1.29 is 14.0 Å². The highest BCUT2D eigenvalue weighted by molar-refractivity contribution is 5.91. The van der Waals surface area contributed by atoms with Crippen molar-refractivity contribution in [1.82, 2.24) is 0 Å². The average molecular weight is 467 g/mol. The first-order chi connectivity index (χ1) is 16.9. The number of hydrogen-bond acceptors (Lipinski definition) is 2. The molecule has 4 nitrogen and oxygen atoms in total. The van der Waals surface area contributed by atoms with Crippen molar-refractivity contribution in [3.8, 4) is 0 Å². The van der Waals surface area contributed by atoms with Gasteiger partial charge in [-0.1, -0.05) is 78.4 Å². The molecular weight excluding hydrogens is 439 g/mol. The minimum atomic E-state index is -0.884. The molecular formula is C30H27FN2O2. The predicted molar refractivity (Wildman–Crippen MR) is 135 cm³/mol. The molecule has 4 atom stereocenters. The summed E-state index contributed by atoms with van der Waals surface area (Å²) in [6.45, 7) is 1.95. The van der Waals surface area contributed by atoms with Gasteiger partial charge in [0.25, 0.3) is 0 Å². The molecule has 0 bridgehead atoms. The van der Waals surface area contributed by atoms with E-state index in [4.69, 9.17) is 11.5 Å². The third-order valence-electron chi connectivity index (χ3n) is 7.47. The van der Waals surface area contributed by atoms with Gasteiger partial charge in [-0.3, -0.25) is 9.59 Å². The van der Waals surface area contributed by atoms with Crippen LogP contribution in [0.3, 0.4) is 0 Å². The van der Waals surface area contributed by atoms with E-state index in [1.165, 1.54) is 12.1 Å². The molecule has 2 aliphatic rings. The number of carbonyl (C=O) groups excluding carboxylic acids is 2. The van der Waals surface area contributed by atoms with E-state index in [0.717, 1.165) is 39.0 Å². The number of primary amides is 2. The number of nitrogens with two attached hydrogens (primary N) is 2. The first-order valence-corrected chi connectivity index (χ1v) is 11.8. The van der Waals surface area contributed by atoms with E-state index in [-0.39, 0.29) is 11.7 Å². The van der Waals surface area contributed by atoms with Gasteiger partial charge < -0.3 is 11.5 Å². The smallest absolute Gasteiger partial charge is 0.222 e. The largest absolute Gasteiger partial charge is 0.369 e. The molecule has 5 rings (SSSR count). The summed E-state index contributed by atoms with van der Waals surface area (Å²) < 4.78 is 14.4. The molecule has 0 fully saturated rings. The minimum absolute atomic E-state index is 0.350. The fraction of sp³-hybridized carbons (Fsp3) is 0.200. The summed E-state index contributed by atoms with van der Waals surface area (Å²) in [6, 6.07) is 22.3. The first-order valence-electron chi connectivity index (χ1n) is 11.8. The Bertz CT molecular complexity index is 1380.